The molecule has 0 saturated heterocycles. The Hall–Kier alpha value is -2.35. The minimum absolute atomic E-state index is 0.0522. The second-order valence-corrected chi connectivity index (χ2v) is 5.36. The van der Waals surface area contributed by atoms with E-state index in [0.29, 0.717) is 17.0 Å². The summed E-state index contributed by atoms with van der Waals surface area (Å²) in [5.74, 6) is -0.279. The average Bonchev–Trinajstić information content (AvgIpc) is 2.80. The van der Waals surface area contributed by atoms with Crippen molar-refractivity contribution < 1.29 is 23.1 Å². The highest BCUT2D eigenvalue weighted by Gasteiger charge is 2.30. The van der Waals surface area contributed by atoms with Crippen molar-refractivity contribution in [2.45, 2.75) is 26.4 Å². The number of aliphatic hydroxyl groups is 1. The van der Waals surface area contributed by atoms with E-state index < -0.39 is 11.7 Å². The van der Waals surface area contributed by atoms with Crippen LogP contribution in [0.1, 0.15) is 22.5 Å². The van der Waals surface area contributed by atoms with E-state index in [0.717, 1.165) is 12.1 Å². The van der Waals surface area contributed by atoms with E-state index in [2.05, 4.69) is 10.4 Å². The lowest BCUT2D eigenvalue weighted by Crippen LogP contribution is -2.28. The number of hydrogen-bond donors (Lipinski definition) is 2. The zero-order valence-corrected chi connectivity index (χ0v) is 13.3. The first-order valence-corrected chi connectivity index (χ1v) is 7.34. The van der Waals surface area contributed by atoms with Crippen LogP contribution in [0.5, 0.6) is 0 Å². The molecule has 2 aromatic rings. The summed E-state index contributed by atoms with van der Waals surface area (Å²) in [6.45, 7) is 3.40. The van der Waals surface area contributed by atoms with Gasteiger partial charge in [-0.2, -0.15) is 18.3 Å². The lowest BCUT2D eigenvalue weighted by atomic mass is 10.1. The monoisotopic (exact) mass is 341 g/mol. The van der Waals surface area contributed by atoms with Crippen LogP contribution < -0.4 is 5.32 Å². The van der Waals surface area contributed by atoms with Crippen molar-refractivity contribution in [3.63, 3.8) is 0 Å². The zero-order valence-electron chi connectivity index (χ0n) is 13.3. The number of nitrogens with zero attached hydrogens (tertiary/aromatic N) is 2. The summed E-state index contributed by atoms with van der Waals surface area (Å²) in [7, 11) is 0. The van der Waals surface area contributed by atoms with Crippen molar-refractivity contribution in [3.05, 3.63) is 46.8 Å². The van der Waals surface area contributed by atoms with Crippen LogP contribution in [0.25, 0.3) is 5.69 Å². The summed E-state index contributed by atoms with van der Waals surface area (Å²) in [5, 5.41) is 15.5. The fraction of sp³-hybridized carbons (Fsp3) is 0.375. The maximum atomic E-state index is 12.9. The summed E-state index contributed by atoms with van der Waals surface area (Å²) < 4.78 is 40.0. The molecular weight excluding hydrogens is 323 g/mol. The van der Waals surface area contributed by atoms with E-state index in [-0.39, 0.29) is 31.2 Å². The molecule has 0 atom stereocenters. The average molecular weight is 341 g/mol. The van der Waals surface area contributed by atoms with Crippen molar-refractivity contribution in [1.82, 2.24) is 15.1 Å². The Bertz CT molecular complexity index is 739. The molecule has 5 nitrogen and oxygen atoms in total. The molecule has 0 aliphatic rings. The van der Waals surface area contributed by atoms with Crippen LogP contribution in [0.15, 0.2) is 24.3 Å². The number of nitrogens with one attached hydrogen (secondary N) is 1. The summed E-state index contributed by atoms with van der Waals surface area (Å²) in [5.41, 5.74) is 1.36. The number of amides is 1. The van der Waals surface area contributed by atoms with Crippen molar-refractivity contribution in [1.29, 1.82) is 0 Å². The zero-order chi connectivity index (χ0) is 17.9. The van der Waals surface area contributed by atoms with E-state index in [9.17, 15) is 18.0 Å². The van der Waals surface area contributed by atoms with Gasteiger partial charge >= 0.3 is 6.18 Å². The summed E-state index contributed by atoms with van der Waals surface area (Å²) in [6, 6.07) is 4.88. The summed E-state index contributed by atoms with van der Waals surface area (Å²) in [4.78, 5) is 11.8. The molecule has 130 valence electrons. The Morgan fingerprint density at radius 1 is 1.33 bits per heavy atom. The fourth-order valence-electron chi connectivity index (χ4n) is 2.41. The quantitative estimate of drug-likeness (QED) is 0.876. The number of alkyl halides is 3. The van der Waals surface area contributed by atoms with Gasteiger partial charge in [-0.15, -0.1) is 0 Å². The minimum Gasteiger partial charge on any atom is -0.395 e. The molecule has 2 rings (SSSR count). The van der Waals surface area contributed by atoms with E-state index in [1.165, 1.54) is 16.8 Å². The number of hydrogen-bond acceptors (Lipinski definition) is 3. The predicted octanol–water partition coefficient (Wildman–Crippen LogP) is 2.16. The van der Waals surface area contributed by atoms with Gasteiger partial charge in [-0.05, 0) is 32.0 Å². The first-order valence-electron chi connectivity index (χ1n) is 7.34. The predicted molar refractivity (Wildman–Crippen MR) is 81.8 cm³/mol. The number of halogens is 3. The Morgan fingerprint density at radius 3 is 2.67 bits per heavy atom. The summed E-state index contributed by atoms with van der Waals surface area (Å²) in [6.07, 6.45) is -4.38. The third-order valence-corrected chi connectivity index (χ3v) is 3.63. The van der Waals surface area contributed by atoms with Crippen molar-refractivity contribution in [2.75, 3.05) is 13.2 Å². The van der Waals surface area contributed by atoms with Gasteiger partial charge in [0.15, 0.2) is 0 Å². The molecule has 1 heterocycles. The molecule has 0 aliphatic carbocycles. The first kappa shape index (κ1) is 18.0. The molecular formula is C16H18F3N3O2. The Kier molecular flexibility index (Phi) is 5.28. The van der Waals surface area contributed by atoms with Gasteiger partial charge < -0.3 is 10.4 Å². The van der Waals surface area contributed by atoms with Crippen LogP contribution in [0.4, 0.5) is 13.2 Å². The molecule has 24 heavy (non-hydrogen) atoms. The second kappa shape index (κ2) is 7.04. The highest BCUT2D eigenvalue weighted by molar-refractivity contribution is 5.79. The molecule has 8 heteroatoms. The highest BCUT2D eigenvalue weighted by atomic mass is 19.4. The van der Waals surface area contributed by atoms with E-state index in [1.807, 2.05) is 0 Å². The molecule has 0 bridgehead atoms. The standard InChI is InChI=1S/C16H18F3N3O2/c1-10-14(9-15(24)20-6-7-23)11(2)22(21-10)13-5-3-4-12(8-13)16(17,18)19/h3-5,8,23H,6-7,9H2,1-2H3,(H,20,24). The maximum absolute atomic E-state index is 12.9. The van der Waals surface area contributed by atoms with Crippen LogP contribution in [0.2, 0.25) is 0 Å². The number of rotatable bonds is 5. The van der Waals surface area contributed by atoms with Gasteiger partial charge in [0.2, 0.25) is 5.91 Å². The normalized spacial score (nSPS) is 11.6. The maximum Gasteiger partial charge on any atom is 0.416 e. The van der Waals surface area contributed by atoms with Gasteiger partial charge in [-0.25, -0.2) is 4.68 Å². The van der Waals surface area contributed by atoms with Gasteiger partial charge in [-0.1, -0.05) is 6.07 Å². The molecule has 2 N–H and O–H groups in total. The van der Waals surface area contributed by atoms with E-state index in [1.54, 1.807) is 13.8 Å². The van der Waals surface area contributed by atoms with Crippen LogP contribution in [-0.2, 0) is 17.4 Å². The highest BCUT2D eigenvalue weighted by Crippen LogP contribution is 2.30. The largest absolute Gasteiger partial charge is 0.416 e. The molecule has 0 fully saturated rings. The molecule has 0 spiro atoms. The van der Waals surface area contributed by atoms with Gasteiger partial charge in [0.1, 0.15) is 0 Å². The van der Waals surface area contributed by atoms with Gasteiger partial charge in [-0.3, -0.25) is 4.79 Å². The lowest BCUT2D eigenvalue weighted by Gasteiger charge is -2.10. The molecule has 1 aromatic carbocycles. The first-order chi connectivity index (χ1) is 11.2. The van der Waals surface area contributed by atoms with Gasteiger partial charge in [0, 0.05) is 17.8 Å². The Balaban J connectivity index is 2.33. The Morgan fingerprint density at radius 2 is 2.04 bits per heavy atom. The molecule has 1 aromatic heterocycles. The molecule has 1 amide bonds. The van der Waals surface area contributed by atoms with Crippen LogP contribution in [0.3, 0.4) is 0 Å². The third kappa shape index (κ3) is 3.94. The van der Waals surface area contributed by atoms with Crippen molar-refractivity contribution in [3.8, 4) is 5.69 Å². The SMILES string of the molecule is Cc1nn(-c2cccc(C(F)(F)F)c2)c(C)c1CC(=O)NCCO. The smallest absolute Gasteiger partial charge is 0.395 e. The fourth-order valence-corrected chi connectivity index (χ4v) is 2.41. The molecule has 0 saturated carbocycles. The minimum atomic E-state index is -4.43. The van der Waals surface area contributed by atoms with Crippen LogP contribution >= 0.6 is 0 Å². The third-order valence-electron chi connectivity index (χ3n) is 3.63. The number of benzene rings is 1. The van der Waals surface area contributed by atoms with Crippen LogP contribution in [-0.4, -0.2) is 33.9 Å². The number of carbonyl (C=O) groups is 1. The van der Waals surface area contributed by atoms with Gasteiger partial charge in [0.05, 0.1) is 30.0 Å². The molecule has 0 aliphatic heterocycles. The summed E-state index contributed by atoms with van der Waals surface area (Å²) >= 11 is 0. The van der Waals surface area contributed by atoms with E-state index in [4.69, 9.17) is 5.11 Å². The van der Waals surface area contributed by atoms with E-state index >= 15 is 0 Å². The molecule has 0 radical (unpaired) electrons. The number of aliphatic hydroxyl groups excluding tert-OH is 1. The number of aryl methyl sites for hydroxylation is 1. The Labute approximate surface area is 137 Å². The lowest BCUT2D eigenvalue weighted by molar-refractivity contribution is -0.137. The van der Waals surface area contributed by atoms with Crippen molar-refractivity contribution in [2.24, 2.45) is 0 Å². The van der Waals surface area contributed by atoms with Gasteiger partial charge in [0.25, 0.3) is 0 Å². The molecule has 0 unspecified atom stereocenters. The number of carbonyl (C=O) groups excluding carboxylic acids is 1. The van der Waals surface area contributed by atoms with Crippen LogP contribution in [0, 0.1) is 13.8 Å². The number of aromatic nitrogens is 2. The topological polar surface area (TPSA) is 67.2 Å². The second-order valence-electron chi connectivity index (χ2n) is 5.36. The van der Waals surface area contributed by atoms with Crippen molar-refractivity contribution >= 4 is 5.91 Å².